The summed E-state index contributed by atoms with van der Waals surface area (Å²) >= 11 is 5.07. The van der Waals surface area contributed by atoms with E-state index in [9.17, 15) is 18.6 Å². The molecule has 0 bridgehead atoms. The zero-order valence-electron chi connectivity index (χ0n) is 12.4. The van der Waals surface area contributed by atoms with Crippen LogP contribution in [-0.2, 0) is 19.0 Å². The van der Waals surface area contributed by atoms with Gasteiger partial charge in [-0.1, -0.05) is 12.2 Å². The van der Waals surface area contributed by atoms with E-state index in [0.717, 1.165) is 6.26 Å². The highest BCUT2D eigenvalue weighted by Gasteiger charge is 2.47. The van der Waals surface area contributed by atoms with Crippen LogP contribution in [0.4, 0.5) is 5.95 Å². The zero-order valence-corrected chi connectivity index (χ0v) is 14.0. The molecule has 0 aliphatic carbocycles. The molecular weight excluding hydrogens is 362 g/mol. The Bertz CT molecular complexity index is 925. The number of rotatable bonds is 4. The molecule has 3 heterocycles. The second-order valence-corrected chi connectivity index (χ2v) is 7.27. The fourth-order valence-corrected chi connectivity index (χ4v) is 3.40. The van der Waals surface area contributed by atoms with Gasteiger partial charge in [0.2, 0.25) is 0 Å². The number of hydrogen-bond acceptors (Lipinski definition) is 10. The fourth-order valence-electron chi connectivity index (χ4n) is 2.54. The van der Waals surface area contributed by atoms with Crippen LogP contribution >= 0.6 is 12.2 Å². The third kappa shape index (κ3) is 3.01. The van der Waals surface area contributed by atoms with Crippen molar-refractivity contribution in [2.24, 2.45) is 0 Å². The quantitative estimate of drug-likeness (QED) is 0.370. The summed E-state index contributed by atoms with van der Waals surface area (Å²) in [4.78, 5) is 10.7. The van der Waals surface area contributed by atoms with Crippen LogP contribution in [0.3, 0.4) is 0 Å². The Morgan fingerprint density at radius 3 is 2.92 bits per heavy atom. The van der Waals surface area contributed by atoms with E-state index >= 15 is 0 Å². The van der Waals surface area contributed by atoms with Crippen molar-refractivity contribution in [3.8, 4) is 0 Å². The highest BCUT2D eigenvalue weighted by Crippen LogP contribution is 2.34. The lowest BCUT2D eigenvalue weighted by Gasteiger charge is -2.20. The number of anilines is 1. The molecule has 11 nitrogen and oxygen atoms in total. The first-order chi connectivity index (χ1) is 11.2. The van der Waals surface area contributed by atoms with Crippen molar-refractivity contribution in [3.63, 3.8) is 0 Å². The summed E-state index contributed by atoms with van der Waals surface area (Å²) in [6.45, 7) is -0.520. The number of nitrogen functional groups attached to an aromatic ring is 1. The number of ether oxygens (including phenoxy) is 1. The van der Waals surface area contributed by atoms with Gasteiger partial charge >= 0.3 is 0 Å². The van der Waals surface area contributed by atoms with Crippen LogP contribution in [0.2, 0.25) is 0 Å². The summed E-state index contributed by atoms with van der Waals surface area (Å²) in [6.07, 6.45) is -2.58. The van der Waals surface area contributed by atoms with E-state index in [-0.39, 0.29) is 10.6 Å². The Morgan fingerprint density at radius 2 is 2.29 bits per heavy atom. The molecule has 4 atom stereocenters. The van der Waals surface area contributed by atoms with Crippen LogP contribution in [0.15, 0.2) is 6.33 Å². The lowest BCUT2D eigenvalue weighted by molar-refractivity contribution is -0.0483. The summed E-state index contributed by atoms with van der Waals surface area (Å²) in [6, 6.07) is 0. The predicted molar refractivity (Wildman–Crippen MR) is 83.8 cm³/mol. The van der Waals surface area contributed by atoms with E-state index in [1.54, 1.807) is 0 Å². The minimum atomic E-state index is -3.89. The number of H-pyrrole nitrogens is 1. The highest BCUT2D eigenvalue weighted by molar-refractivity contribution is 7.86. The molecule has 0 radical (unpaired) electrons. The van der Waals surface area contributed by atoms with E-state index in [2.05, 4.69) is 15.0 Å². The molecule has 5 N–H and O–H groups in total. The molecule has 13 heteroatoms. The van der Waals surface area contributed by atoms with Gasteiger partial charge in [0.25, 0.3) is 10.1 Å². The monoisotopic (exact) mass is 377 g/mol. The average Bonchev–Trinajstić information content (AvgIpc) is 3.00. The van der Waals surface area contributed by atoms with Crippen LogP contribution in [0.25, 0.3) is 11.2 Å². The smallest absolute Gasteiger partial charge is 0.264 e. The molecule has 2 aromatic rings. The fraction of sp³-hybridized carbons (Fsp3) is 0.545. The topological polar surface area (TPSA) is 166 Å². The van der Waals surface area contributed by atoms with Crippen LogP contribution < -0.4 is 5.73 Å². The van der Waals surface area contributed by atoms with Crippen molar-refractivity contribution in [3.05, 3.63) is 11.0 Å². The number of nitrogens with one attached hydrogen (secondary N) is 1. The number of hydrogen-bond donors (Lipinski definition) is 4. The average molecular weight is 377 g/mol. The Balaban J connectivity index is 2.10. The number of aromatic nitrogens is 4. The maximum Gasteiger partial charge on any atom is 0.264 e. The Labute approximate surface area is 141 Å². The van der Waals surface area contributed by atoms with E-state index < -0.39 is 41.3 Å². The van der Waals surface area contributed by atoms with Crippen LogP contribution in [0.5, 0.6) is 0 Å². The van der Waals surface area contributed by atoms with Gasteiger partial charge in [0.1, 0.15) is 23.4 Å². The molecule has 1 aliphatic heterocycles. The number of aliphatic hydroxyl groups excluding tert-OH is 2. The molecule has 132 valence electrons. The van der Waals surface area contributed by atoms with Gasteiger partial charge in [-0.15, -0.1) is 0 Å². The molecule has 1 fully saturated rings. The molecule has 0 amide bonds. The highest BCUT2D eigenvalue weighted by atomic mass is 32.2. The number of imidazole rings is 1. The zero-order chi connectivity index (χ0) is 17.6. The largest absolute Gasteiger partial charge is 0.394 e. The third-order valence-electron chi connectivity index (χ3n) is 3.52. The maximum atomic E-state index is 11.5. The van der Waals surface area contributed by atoms with E-state index in [0.29, 0.717) is 11.2 Å². The number of nitrogens with two attached hydrogens (primary N) is 1. The third-order valence-corrected chi connectivity index (χ3v) is 4.37. The van der Waals surface area contributed by atoms with Crippen molar-refractivity contribution in [2.75, 3.05) is 18.6 Å². The predicted octanol–water partition coefficient (Wildman–Crippen LogP) is -1.33. The van der Waals surface area contributed by atoms with Crippen LogP contribution in [-0.4, -0.2) is 69.3 Å². The molecule has 0 spiro atoms. The summed E-state index contributed by atoms with van der Waals surface area (Å²) in [7, 11) is -3.89. The van der Waals surface area contributed by atoms with Gasteiger partial charge in [-0.3, -0.25) is 8.75 Å². The van der Waals surface area contributed by atoms with E-state index in [1.165, 1.54) is 10.9 Å². The Morgan fingerprint density at radius 1 is 1.58 bits per heavy atom. The molecule has 0 aromatic carbocycles. The van der Waals surface area contributed by atoms with Crippen LogP contribution in [0.1, 0.15) is 6.23 Å². The molecular formula is C11H15N5O6S2. The minimum Gasteiger partial charge on any atom is -0.394 e. The van der Waals surface area contributed by atoms with Gasteiger partial charge < -0.3 is 25.7 Å². The molecule has 1 saturated heterocycles. The Kier molecular flexibility index (Phi) is 4.31. The van der Waals surface area contributed by atoms with E-state index in [1.807, 2.05) is 0 Å². The van der Waals surface area contributed by atoms with Crippen molar-refractivity contribution in [1.29, 1.82) is 0 Å². The van der Waals surface area contributed by atoms with Crippen molar-refractivity contribution in [2.45, 2.75) is 24.5 Å². The van der Waals surface area contributed by atoms with Gasteiger partial charge in [0, 0.05) is 0 Å². The summed E-state index contributed by atoms with van der Waals surface area (Å²) < 4.78 is 35.0. The molecule has 3 rings (SSSR count). The Hall–Kier alpha value is -1.64. The normalized spacial score (nSPS) is 27.8. The number of nitrogens with zero attached hydrogens (tertiary/aromatic N) is 3. The van der Waals surface area contributed by atoms with Crippen molar-refractivity contribution >= 4 is 39.4 Å². The maximum absolute atomic E-state index is 11.5. The SMILES string of the molecule is CS(=O)(=O)O[C@@H]1[C@@H](O)[C@@H](CO)O[C@H]1n1cnc2c(=S)nc(N)[nH]c21. The number of aromatic amines is 1. The van der Waals surface area contributed by atoms with Crippen molar-refractivity contribution in [1.82, 2.24) is 19.5 Å². The summed E-state index contributed by atoms with van der Waals surface area (Å²) in [5.41, 5.74) is 6.28. The first kappa shape index (κ1) is 17.2. The second kappa shape index (κ2) is 6.02. The van der Waals surface area contributed by atoms with Gasteiger partial charge in [0.15, 0.2) is 22.9 Å². The summed E-state index contributed by atoms with van der Waals surface area (Å²) in [5, 5.41) is 19.5. The first-order valence-corrected chi connectivity index (χ1v) is 8.98. The number of aliphatic hydroxyl groups is 2. The number of fused-ring (bicyclic) bond motifs is 1. The lowest BCUT2D eigenvalue weighted by Crippen LogP contribution is -2.36. The van der Waals surface area contributed by atoms with Gasteiger partial charge in [-0.2, -0.15) is 8.42 Å². The molecule has 24 heavy (non-hydrogen) atoms. The molecule has 0 unspecified atom stereocenters. The minimum absolute atomic E-state index is 0.0343. The van der Waals surface area contributed by atoms with Gasteiger partial charge in [-0.25, -0.2) is 9.97 Å². The standard InChI is InChI=1S/C11H15N5O6S2/c1-24(19,20)22-7-6(18)4(2-17)21-10(7)16-3-13-5-8(16)14-11(12)15-9(5)23/h3-4,6-7,10,17-18H,2H2,1H3,(H3,12,14,15,23)/t4-,6+,7-,10-/m1/s1. The second-order valence-electron chi connectivity index (χ2n) is 5.28. The molecule has 1 aliphatic rings. The first-order valence-electron chi connectivity index (χ1n) is 6.76. The lowest BCUT2D eigenvalue weighted by atomic mass is 10.1. The molecule has 0 saturated carbocycles. The van der Waals surface area contributed by atoms with Crippen molar-refractivity contribution < 1.29 is 27.6 Å². The van der Waals surface area contributed by atoms with Gasteiger partial charge in [0.05, 0.1) is 19.2 Å². The van der Waals surface area contributed by atoms with Gasteiger partial charge in [-0.05, 0) is 0 Å². The van der Waals surface area contributed by atoms with Crippen LogP contribution in [0, 0.1) is 4.64 Å². The van der Waals surface area contributed by atoms with E-state index in [4.69, 9.17) is 26.9 Å². The molecule has 2 aromatic heterocycles. The summed E-state index contributed by atoms with van der Waals surface area (Å²) in [5.74, 6) is 0.0343.